The quantitative estimate of drug-likeness (QED) is 0.245. The molecule has 0 spiro atoms. The SMILES string of the molecule is Cc1c(NOO)cc2[nH]c(=O)c(=O)[nH]c2c1-c1nn[nH]n1. The second-order valence-electron chi connectivity index (χ2n) is 4.18. The molecular weight excluding hydrogens is 282 g/mol. The molecule has 2 aromatic heterocycles. The number of aromatic nitrogens is 6. The summed E-state index contributed by atoms with van der Waals surface area (Å²) in [5.74, 6) is 0.210. The molecule has 0 aliphatic heterocycles. The lowest BCUT2D eigenvalue weighted by Gasteiger charge is -2.12. The molecule has 0 bridgehead atoms. The number of rotatable bonds is 3. The zero-order valence-corrected chi connectivity index (χ0v) is 10.6. The average Bonchev–Trinajstić information content (AvgIpc) is 2.96. The van der Waals surface area contributed by atoms with Crippen molar-refractivity contribution < 1.29 is 10.2 Å². The summed E-state index contributed by atoms with van der Waals surface area (Å²) < 4.78 is 0. The first-order valence-electron chi connectivity index (χ1n) is 5.72. The van der Waals surface area contributed by atoms with Crippen LogP contribution in [-0.2, 0) is 4.99 Å². The molecule has 5 N–H and O–H groups in total. The summed E-state index contributed by atoms with van der Waals surface area (Å²) in [6, 6.07) is 1.49. The third-order valence-electron chi connectivity index (χ3n) is 3.00. The molecule has 21 heavy (non-hydrogen) atoms. The van der Waals surface area contributed by atoms with Gasteiger partial charge in [0.1, 0.15) is 0 Å². The van der Waals surface area contributed by atoms with Gasteiger partial charge in [-0.1, -0.05) is 0 Å². The molecule has 0 atom stereocenters. The highest BCUT2D eigenvalue weighted by atomic mass is 17.2. The average molecular weight is 291 g/mol. The zero-order valence-electron chi connectivity index (χ0n) is 10.6. The molecule has 0 unspecified atom stereocenters. The van der Waals surface area contributed by atoms with E-state index >= 15 is 0 Å². The van der Waals surface area contributed by atoms with Gasteiger partial charge in [-0.15, -0.1) is 15.2 Å². The van der Waals surface area contributed by atoms with E-state index in [4.69, 9.17) is 5.26 Å². The van der Waals surface area contributed by atoms with Crippen LogP contribution in [0.15, 0.2) is 15.7 Å². The van der Waals surface area contributed by atoms with Gasteiger partial charge in [-0.2, -0.15) is 5.21 Å². The van der Waals surface area contributed by atoms with Crippen LogP contribution in [0.2, 0.25) is 0 Å². The summed E-state index contributed by atoms with van der Waals surface area (Å²) in [5, 5.41) is 22.0. The lowest BCUT2D eigenvalue weighted by Crippen LogP contribution is -2.29. The van der Waals surface area contributed by atoms with Crippen LogP contribution < -0.4 is 16.6 Å². The number of nitrogens with one attached hydrogen (secondary N) is 4. The molecule has 0 aliphatic carbocycles. The number of benzene rings is 1. The first-order chi connectivity index (χ1) is 10.1. The van der Waals surface area contributed by atoms with Gasteiger partial charge in [0.25, 0.3) is 0 Å². The van der Waals surface area contributed by atoms with Crippen LogP contribution >= 0.6 is 0 Å². The zero-order chi connectivity index (χ0) is 15.0. The van der Waals surface area contributed by atoms with Gasteiger partial charge in [0, 0.05) is 0 Å². The molecule has 3 aromatic rings. The van der Waals surface area contributed by atoms with Crippen molar-refractivity contribution in [2.24, 2.45) is 0 Å². The van der Waals surface area contributed by atoms with E-state index in [0.717, 1.165) is 0 Å². The van der Waals surface area contributed by atoms with E-state index in [-0.39, 0.29) is 5.82 Å². The molecular formula is C10H9N7O4. The number of fused-ring (bicyclic) bond motifs is 1. The van der Waals surface area contributed by atoms with Crippen molar-refractivity contribution in [1.29, 1.82) is 0 Å². The second kappa shape index (κ2) is 4.81. The molecule has 1 aromatic carbocycles. The normalized spacial score (nSPS) is 11.0. The van der Waals surface area contributed by atoms with Gasteiger partial charge in [-0.3, -0.25) is 9.59 Å². The fourth-order valence-electron chi connectivity index (χ4n) is 2.06. The van der Waals surface area contributed by atoms with Crippen LogP contribution in [0.25, 0.3) is 22.4 Å². The number of aromatic amines is 3. The highest BCUT2D eigenvalue weighted by Gasteiger charge is 2.17. The first-order valence-corrected chi connectivity index (χ1v) is 5.72. The highest BCUT2D eigenvalue weighted by Crippen LogP contribution is 2.31. The van der Waals surface area contributed by atoms with Crippen molar-refractivity contribution in [3.8, 4) is 11.4 Å². The Hall–Kier alpha value is -3.05. The Balaban J connectivity index is 2.46. The summed E-state index contributed by atoms with van der Waals surface area (Å²) in [6.07, 6.45) is 0. The van der Waals surface area contributed by atoms with Gasteiger partial charge in [-0.25, -0.2) is 10.7 Å². The highest BCUT2D eigenvalue weighted by molar-refractivity contribution is 5.95. The summed E-state index contributed by atoms with van der Waals surface area (Å²) in [5.41, 5.74) is 2.65. The van der Waals surface area contributed by atoms with Gasteiger partial charge >= 0.3 is 11.1 Å². The lowest BCUT2D eigenvalue weighted by molar-refractivity contribution is -0.215. The molecule has 0 saturated heterocycles. The monoisotopic (exact) mass is 291 g/mol. The minimum atomic E-state index is -0.804. The Kier molecular flexibility index (Phi) is 2.97. The standard InChI is InChI=1S/C10H9N7O4/c1-3-4(15-21-20)2-5-7(12-10(19)9(18)11-5)6(3)8-13-16-17-14-8/h2,15,20H,1H3,(H,11,18)(H,12,19)(H,13,14,16,17). The fraction of sp³-hybridized carbons (Fsp3) is 0.100. The summed E-state index contributed by atoms with van der Waals surface area (Å²) in [6.45, 7) is 1.69. The molecule has 3 rings (SSSR count). The first kappa shape index (κ1) is 13.0. The van der Waals surface area contributed by atoms with Crippen LogP contribution in [0.4, 0.5) is 5.69 Å². The molecule has 0 radical (unpaired) electrons. The van der Waals surface area contributed by atoms with Crippen molar-refractivity contribution in [2.75, 3.05) is 5.48 Å². The van der Waals surface area contributed by atoms with Gasteiger partial charge in [0.15, 0.2) is 0 Å². The van der Waals surface area contributed by atoms with Crippen LogP contribution in [0, 0.1) is 6.92 Å². The minimum absolute atomic E-state index is 0.210. The van der Waals surface area contributed by atoms with E-state index in [1.807, 2.05) is 0 Å². The Morgan fingerprint density at radius 3 is 2.71 bits per heavy atom. The molecule has 2 heterocycles. The van der Waals surface area contributed by atoms with Crippen molar-refractivity contribution in [1.82, 2.24) is 30.6 Å². The fourth-order valence-corrected chi connectivity index (χ4v) is 2.06. The number of anilines is 1. The van der Waals surface area contributed by atoms with Crippen LogP contribution in [-0.4, -0.2) is 35.8 Å². The number of tetrazole rings is 1. The predicted octanol–water partition coefficient (Wildman–Crippen LogP) is -0.479. The topological polar surface area (TPSA) is 162 Å². The maximum atomic E-state index is 11.5. The molecule has 108 valence electrons. The number of hydrogen-bond acceptors (Lipinski definition) is 8. The Morgan fingerprint density at radius 2 is 2.05 bits per heavy atom. The van der Waals surface area contributed by atoms with Crippen LogP contribution in [0.5, 0.6) is 0 Å². The Bertz CT molecular complexity index is 912. The molecule has 0 amide bonds. The Labute approximate surface area is 114 Å². The van der Waals surface area contributed by atoms with Crippen molar-refractivity contribution in [3.05, 3.63) is 32.3 Å². The molecule has 0 fully saturated rings. The number of nitrogens with zero attached hydrogens (tertiary/aromatic N) is 3. The van der Waals surface area contributed by atoms with E-state index < -0.39 is 11.1 Å². The van der Waals surface area contributed by atoms with Crippen molar-refractivity contribution >= 4 is 16.7 Å². The van der Waals surface area contributed by atoms with E-state index in [9.17, 15) is 9.59 Å². The van der Waals surface area contributed by atoms with E-state index in [2.05, 4.69) is 41.1 Å². The van der Waals surface area contributed by atoms with Gasteiger partial charge in [0.2, 0.25) is 5.82 Å². The third kappa shape index (κ3) is 2.05. The van der Waals surface area contributed by atoms with Crippen LogP contribution in [0.1, 0.15) is 5.56 Å². The maximum Gasteiger partial charge on any atom is 0.314 e. The molecule has 0 saturated carbocycles. The molecule has 11 nitrogen and oxygen atoms in total. The third-order valence-corrected chi connectivity index (χ3v) is 3.00. The Morgan fingerprint density at radius 1 is 1.29 bits per heavy atom. The van der Waals surface area contributed by atoms with Crippen molar-refractivity contribution in [2.45, 2.75) is 6.92 Å². The molecule has 0 aliphatic rings. The van der Waals surface area contributed by atoms with E-state index in [0.29, 0.717) is 27.8 Å². The smallest absolute Gasteiger partial charge is 0.314 e. The summed E-state index contributed by atoms with van der Waals surface area (Å²) in [4.78, 5) is 31.8. The number of H-pyrrole nitrogens is 3. The summed E-state index contributed by atoms with van der Waals surface area (Å²) in [7, 11) is 0. The summed E-state index contributed by atoms with van der Waals surface area (Å²) >= 11 is 0. The van der Waals surface area contributed by atoms with Crippen LogP contribution in [0.3, 0.4) is 0 Å². The maximum absolute atomic E-state index is 11.5. The van der Waals surface area contributed by atoms with Gasteiger partial charge < -0.3 is 9.97 Å². The van der Waals surface area contributed by atoms with E-state index in [1.165, 1.54) is 6.07 Å². The second-order valence-corrected chi connectivity index (χ2v) is 4.18. The van der Waals surface area contributed by atoms with E-state index in [1.54, 1.807) is 6.92 Å². The molecule has 11 heteroatoms. The number of hydrogen-bond donors (Lipinski definition) is 5. The van der Waals surface area contributed by atoms with Gasteiger partial charge in [0.05, 0.1) is 22.3 Å². The van der Waals surface area contributed by atoms with Gasteiger partial charge in [-0.05, 0) is 23.8 Å². The van der Waals surface area contributed by atoms with Crippen molar-refractivity contribution in [3.63, 3.8) is 0 Å². The largest absolute Gasteiger partial charge is 0.316 e. The lowest BCUT2D eigenvalue weighted by atomic mass is 10.0. The predicted molar refractivity (Wildman–Crippen MR) is 70.4 cm³/mol. The minimum Gasteiger partial charge on any atom is -0.316 e.